The number of para-hydroxylation sites is 1. The molecule has 0 fully saturated rings. The smallest absolute Gasteiger partial charge is 0.0547 e. The van der Waals surface area contributed by atoms with Gasteiger partial charge in [-0.3, -0.25) is 0 Å². The second-order valence-corrected chi connectivity index (χ2v) is 12.9. The van der Waals surface area contributed by atoms with Gasteiger partial charge >= 0.3 is 0 Å². The van der Waals surface area contributed by atoms with Crippen LogP contribution in [0, 0.1) is 13.8 Å². The lowest BCUT2D eigenvalue weighted by atomic mass is 9.89. The van der Waals surface area contributed by atoms with Crippen LogP contribution >= 0.6 is 0 Å². The van der Waals surface area contributed by atoms with E-state index in [-0.39, 0.29) is 0 Å². The van der Waals surface area contributed by atoms with Gasteiger partial charge in [0.1, 0.15) is 0 Å². The fraction of sp³-hybridized carbons (Fsp3) is 0.429. The molecular weight excluding hydrogens is 518 g/mol. The van der Waals surface area contributed by atoms with E-state index in [1.807, 2.05) is 0 Å². The molecule has 1 aromatic heterocycles. The van der Waals surface area contributed by atoms with Crippen LogP contribution in [0.2, 0.25) is 0 Å². The normalized spacial score (nSPS) is 11.6. The van der Waals surface area contributed by atoms with E-state index < -0.39 is 0 Å². The number of fused-ring (bicyclic) bond motifs is 3. The number of unbranched alkanes of at least 4 members (excludes halogenated alkanes) is 10. The summed E-state index contributed by atoms with van der Waals surface area (Å²) in [5, 5.41) is 2.66. The zero-order valence-corrected chi connectivity index (χ0v) is 27.4. The fourth-order valence-corrected chi connectivity index (χ4v) is 6.90. The first-order valence-corrected chi connectivity index (χ1v) is 17.3. The minimum atomic E-state index is 1.17. The largest absolute Gasteiger partial charge is 0.309 e. The van der Waals surface area contributed by atoms with Crippen molar-refractivity contribution in [2.24, 2.45) is 0 Å². The quantitative estimate of drug-likeness (QED) is 0.104. The molecule has 5 aromatic rings. The van der Waals surface area contributed by atoms with Crippen molar-refractivity contribution in [3.8, 4) is 16.8 Å². The molecular formula is C42H53N. The van der Waals surface area contributed by atoms with Crippen LogP contribution in [0.4, 0.5) is 0 Å². The highest BCUT2D eigenvalue weighted by atomic mass is 15.0. The molecule has 1 heteroatoms. The summed E-state index contributed by atoms with van der Waals surface area (Å²) in [6.07, 6.45) is 18.5. The summed E-state index contributed by atoms with van der Waals surface area (Å²) in [7, 11) is 0. The summed E-state index contributed by atoms with van der Waals surface area (Å²) in [6.45, 7) is 9.15. The van der Waals surface area contributed by atoms with Crippen LogP contribution in [0.5, 0.6) is 0 Å². The Bertz CT molecular complexity index is 1600. The molecule has 0 atom stereocenters. The van der Waals surface area contributed by atoms with Crippen LogP contribution in [0.3, 0.4) is 0 Å². The standard InChI is InChI=1S/C42H53N/c1-5-7-9-11-13-16-20-34-30-40(35(29-33(34)4)21-17-14-12-10-8-6-2)36-25-27-39-38-26-24-32(3)28-41(38)43(42(39)31-36)37-22-18-15-19-23-37/h15,18-19,22-31H,5-14,16-17,20-21H2,1-4H3. The summed E-state index contributed by atoms with van der Waals surface area (Å²) in [5.74, 6) is 0. The number of rotatable bonds is 16. The van der Waals surface area contributed by atoms with Gasteiger partial charge < -0.3 is 4.57 Å². The van der Waals surface area contributed by atoms with E-state index in [1.54, 1.807) is 0 Å². The maximum Gasteiger partial charge on any atom is 0.0547 e. The number of aromatic nitrogens is 1. The minimum absolute atomic E-state index is 1.17. The molecule has 0 unspecified atom stereocenters. The number of nitrogens with zero attached hydrogens (tertiary/aromatic N) is 1. The van der Waals surface area contributed by atoms with Gasteiger partial charge in [-0.25, -0.2) is 0 Å². The summed E-state index contributed by atoms with van der Waals surface area (Å²) >= 11 is 0. The lowest BCUT2D eigenvalue weighted by Crippen LogP contribution is -1.99. The monoisotopic (exact) mass is 571 g/mol. The minimum Gasteiger partial charge on any atom is -0.309 e. The highest BCUT2D eigenvalue weighted by molar-refractivity contribution is 6.10. The molecule has 226 valence electrons. The van der Waals surface area contributed by atoms with E-state index in [4.69, 9.17) is 0 Å². The molecule has 43 heavy (non-hydrogen) atoms. The van der Waals surface area contributed by atoms with Gasteiger partial charge in [0.15, 0.2) is 0 Å². The average molecular weight is 572 g/mol. The Morgan fingerprint density at radius 2 is 1.09 bits per heavy atom. The summed E-state index contributed by atoms with van der Waals surface area (Å²) in [6, 6.07) is 30.1. The highest BCUT2D eigenvalue weighted by Gasteiger charge is 2.16. The third-order valence-electron chi connectivity index (χ3n) is 9.41. The second-order valence-electron chi connectivity index (χ2n) is 12.9. The number of hydrogen-bond donors (Lipinski definition) is 0. The van der Waals surface area contributed by atoms with E-state index in [0.29, 0.717) is 0 Å². The van der Waals surface area contributed by atoms with Crippen LogP contribution in [0.1, 0.15) is 113 Å². The summed E-state index contributed by atoms with van der Waals surface area (Å²) in [5.41, 5.74) is 12.5. The van der Waals surface area contributed by atoms with Gasteiger partial charge in [0.25, 0.3) is 0 Å². The van der Waals surface area contributed by atoms with E-state index >= 15 is 0 Å². The predicted molar refractivity (Wildman–Crippen MR) is 190 cm³/mol. The van der Waals surface area contributed by atoms with Gasteiger partial charge in [-0.1, -0.05) is 133 Å². The third kappa shape index (κ3) is 7.61. The molecule has 1 heterocycles. The molecule has 0 spiro atoms. The lowest BCUT2D eigenvalue weighted by molar-refractivity contribution is 0.605. The molecule has 1 nitrogen and oxygen atoms in total. The molecule has 5 rings (SSSR count). The van der Waals surface area contributed by atoms with Gasteiger partial charge in [0, 0.05) is 16.5 Å². The molecule has 0 amide bonds. The molecule has 0 N–H and O–H groups in total. The molecule has 0 aliphatic heterocycles. The van der Waals surface area contributed by atoms with Crippen LogP contribution in [-0.4, -0.2) is 4.57 Å². The topological polar surface area (TPSA) is 4.93 Å². The maximum atomic E-state index is 2.56. The van der Waals surface area contributed by atoms with Gasteiger partial charge in [-0.05, 0) is 97.2 Å². The van der Waals surface area contributed by atoms with Crippen molar-refractivity contribution in [1.29, 1.82) is 0 Å². The Kier molecular flexibility index (Phi) is 11.2. The van der Waals surface area contributed by atoms with E-state index in [0.717, 1.165) is 0 Å². The van der Waals surface area contributed by atoms with Crippen molar-refractivity contribution in [1.82, 2.24) is 4.57 Å². The average Bonchev–Trinajstić information content (AvgIpc) is 3.34. The SMILES string of the molecule is CCCCCCCCc1cc(-c2ccc3c4ccc(C)cc4n(-c4ccccc4)c3c2)c(CCCCCCCC)cc1C. The zero-order valence-electron chi connectivity index (χ0n) is 27.4. The summed E-state index contributed by atoms with van der Waals surface area (Å²) < 4.78 is 2.47. The molecule has 0 radical (unpaired) electrons. The second kappa shape index (κ2) is 15.4. The van der Waals surface area contributed by atoms with Crippen LogP contribution in [0.25, 0.3) is 38.6 Å². The molecule has 0 bridgehead atoms. The molecule has 0 saturated heterocycles. The maximum absolute atomic E-state index is 2.56. The fourth-order valence-electron chi connectivity index (χ4n) is 6.90. The summed E-state index contributed by atoms with van der Waals surface area (Å²) in [4.78, 5) is 0. The van der Waals surface area contributed by atoms with Crippen LogP contribution in [-0.2, 0) is 12.8 Å². The molecule has 0 aliphatic carbocycles. The first-order chi connectivity index (χ1) is 21.1. The lowest BCUT2D eigenvalue weighted by Gasteiger charge is -2.16. The Morgan fingerprint density at radius 1 is 0.512 bits per heavy atom. The van der Waals surface area contributed by atoms with Gasteiger partial charge in [-0.2, -0.15) is 0 Å². The number of benzene rings is 4. The van der Waals surface area contributed by atoms with Crippen molar-refractivity contribution in [2.45, 2.75) is 118 Å². The van der Waals surface area contributed by atoms with Crippen molar-refractivity contribution in [2.75, 3.05) is 0 Å². The van der Waals surface area contributed by atoms with Crippen molar-refractivity contribution < 1.29 is 0 Å². The number of hydrogen-bond acceptors (Lipinski definition) is 0. The highest BCUT2D eigenvalue weighted by Crippen LogP contribution is 2.37. The van der Waals surface area contributed by atoms with Gasteiger partial charge in [0.2, 0.25) is 0 Å². The molecule has 0 saturated carbocycles. The van der Waals surface area contributed by atoms with Gasteiger partial charge in [0.05, 0.1) is 11.0 Å². The van der Waals surface area contributed by atoms with E-state index in [9.17, 15) is 0 Å². The third-order valence-corrected chi connectivity index (χ3v) is 9.41. The van der Waals surface area contributed by atoms with E-state index in [2.05, 4.69) is 111 Å². The Morgan fingerprint density at radius 3 is 1.77 bits per heavy atom. The van der Waals surface area contributed by atoms with Crippen molar-refractivity contribution in [3.63, 3.8) is 0 Å². The first-order valence-electron chi connectivity index (χ1n) is 17.3. The molecule has 0 aliphatic rings. The van der Waals surface area contributed by atoms with Crippen molar-refractivity contribution in [3.05, 3.63) is 101 Å². The number of aryl methyl sites for hydroxylation is 4. The Balaban J connectivity index is 1.54. The van der Waals surface area contributed by atoms with Gasteiger partial charge in [-0.15, -0.1) is 0 Å². The van der Waals surface area contributed by atoms with Crippen LogP contribution < -0.4 is 0 Å². The molecule has 4 aromatic carbocycles. The first kappa shape index (κ1) is 31.1. The predicted octanol–water partition coefficient (Wildman–Crippen LogP) is 12.9. The zero-order chi connectivity index (χ0) is 30.0. The Hall–Kier alpha value is -3.32. The van der Waals surface area contributed by atoms with E-state index in [1.165, 1.54) is 151 Å². The Labute approximate surface area is 261 Å². The van der Waals surface area contributed by atoms with Crippen molar-refractivity contribution >= 4 is 21.8 Å². The van der Waals surface area contributed by atoms with Crippen LogP contribution in [0.15, 0.2) is 78.9 Å².